The molecule has 7 nitrogen and oxygen atoms in total. The molecule has 1 aliphatic rings. The number of anilines is 1. The van der Waals surface area contributed by atoms with Crippen molar-refractivity contribution in [1.29, 1.82) is 0 Å². The fraction of sp³-hybridized carbons (Fsp3) is 0.160. The third-order valence-corrected chi connectivity index (χ3v) is 7.58. The first kappa shape index (κ1) is 23.7. The van der Waals surface area contributed by atoms with Crippen LogP contribution in [0.3, 0.4) is 0 Å². The highest BCUT2D eigenvalue weighted by molar-refractivity contribution is 7.93. The Bertz CT molecular complexity index is 1390. The minimum atomic E-state index is -3.28. The normalized spacial score (nSPS) is 16.0. The van der Waals surface area contributed by atoms with E-state index in [0.29, 0.717) is 41.2 Å². The molecule has 4 rings (SSSR count). The molecule has 0 aliphatic carbocycles. The van der Waals surface area contributed by atoms with E-state index in [1.165, 1.54) is 4.31 Å². The van der Waals surface area contributed by atoms with Crippen LogP contribution in [0.25, 0.3) is 16.3 Å². The number of amides is 1. The van der Waals surface area contributed by atoms with Gasteiger partial charge < -0.3 is 5.32 Å². The summed E-state index contributed by atoms with van der Waals surface area (Å²) in [4.78, 5) is 21.6. The maximum atomic E-state index is 12.9. The molecular weight excluding hydrogens is 472 g/mol. The number of fused-ring (bicyclic) bond motifs is 1. The predicted molar refractivity (Wildman–Crippen MR) is 136 cm³/mol. The molecule has 0 radical (unpaired) electrons. The largest absolute Gasteiger partial charge is 0.322 e. The first-order valence-corrected chi connectivity index (χ1v) is 12.8. The van der Waals surface area contributed by atoms with Gasteiger partial charge in [-0.3, -0.25) is 19.1 Å². The van der Waals surface area contributed by atoms with Crippen molar-refractivity contribution in [3.63, 3.8) is 0 Å². The second kappa shape index (κ2) is 10.2. The number of rotatable bonds is 7. The van der Waals surface area contributed by atoms with Crippen LogP contribution < -0.4 is 9.62 Å². The smallest absolute Gasteiger partial charge is 0.255 e. The highest BCUT2D eigenvalue weighted by Gasteiger charge is 2.28. The molecule has 0 bridgehead atoms. The van der Waals surface area contributed by atoms with Crippen LogP contribution in [0.2, 0.25) is 0 Å². The highest BCUT2D eigenvalue weighted by Crippen LogP contribution is 2.25. The standard InChI is InChI=1S/C25H23ClN4O3S/c1-2-4-21(15-20(16-26)24-23-17-27-11-9-18(23)10-12-28-24)29-25(31)19-5-7-22(8-6-19)30-13-3-14-34(30,32)33/h2,4-12,15,17H,1,3,13-14,16H2,(H,29,31)/b20-15+,21-4+. The average molecular weight is 495 g/mol. The van der Waals surface area contributed by atoms with Gasteiger partial charge in [0.25, 0.3) is 5.91 Å². The molecule has 3 heterocycles. The van der Waals surface area contributed by atoms with E-state index in [4.69, 9.17) is 11.6 Å². The van der Waals surface area contributed by atoms with Crippen molar-refractivity contribution >= 4 is 49.6 Å². The van der Waals surface area contributed by atoms with Crippen molar-refractivity contribution < 1.29 is 13.2 Å². The summed E-state index contributed by atoms with van der Waals surface area (Å²) in [7, 11) is -3.28. The molecule has 34 heavy (non-hydrogen) atoms. The van der Waals surface area contributed by atoms with Crippen LogP contribution in [0.1, 0.15) is 22.5 Å². The van der Waals surface area contributed by atoms with Crippen molar-refractivity contribution in [2.24, 2.45) is 0 Å². The van der Waals surface area contributed by atoms with Crippen molar-refractivity contribution in [1.82, 2.24) is 15.3 Å². The summed E-state index contributed by atoms with van der Waals surface area (Å²) in [5.74, 6) is -0.0340. The Labute approximate surface area is 203 Å². The summed E-state index contributed by atoms with van der Waals surface area (Å²) < 4.78 is 25.6. The molecule has 0 unspecified atom stereocenters. The van der Waals surface area contributed by atoms with Crippen LogP contribution >= 0.6 is 11.6 Å². The fourth-order valence-electron chi connectivity index (χ4n) is 3.79. The third kappa shape index (κ3) is 5.03. The van der Waals surface area contributed by atoms with E-state index in [2.05, 4.69) is 21.9 Å². The predicted octanol–water partition coefficient (Wildman–Crippen LogP) is 4.29. The minimum absolute atomic E-state index is 0.141. The lowest BCUT2D eigenvalue weighted by Crippen LogP contribution is -2.25. The number of carbonyl (C=O) groups is 1. The summed E-state index contributed by atoms with van der Waals surface area (Å²) in [5.41, 5.74) is 2.83. The number of hydrogen-bond acceptors (Lipinski definition) is 5. The van der Waals surface area contributed by atoms with E-state index in [1.54, 1.807) is 61.1 Å². The number of alkyl halides is 1. The SMILES string of the molecule is C=C/C=C(\C=C(/CCl)c1nccc2ccncc12)NC(=O)c1ccc(N2CCCS2(=O)=O)cc1. The summed E-state index contributed by atoms with van der Waals surface area (Å²) >= 11 is 6.25. The van der Waals surface area contributed by atoms with Crippen LogP contribution in [-0.4, -0.2) is 42.5 Å². The van der Waals surface area contributed by atoms with Gasteiger partial charge in [0.2, 0.25) is 10.0 Å². The van der Waals surface area contributed by atoms with Gasteiger partial charge in [0.05, 0.1) is 17.1 Å². The topological polar surface area (TPSA) is 92.3 Å². The lowest BCUT2D eigenvalue weighted by molar-refractivity contribution is 0.0967. The summed E-state index contributed by atoms with van der Waals surface area (Å²) in [6.07, 6.45) is 10.7. The molecule has 1 fully saturated rings. The van der Waals surface area contributed by atoms with Crippen LogP contribution in [-0.2, 0) is 10.0 Å². The maximum Gasteiger partial charge on any atom is 0.255 e. The zero-order chi connectivity index (χ0) is 24.1. The Balaban J connectivity index is 1.58. The van der Waals surface area contributed by atoms with Gasteiger partial charge in [0, 0.05) is 47.7 Å². The Kier molecular flexibility index (Phi) is 7.09. The van der Waals surface area contributed by atoms with Gasteiger partial charge in [-0.15, -0.1) is 11.6 Å². The van der Waals surface area contributed by atoms with Gasteiger partial charge in [-0.1, -0.05) is 12.7 Å². The quantitative estimate of drug-likeness (QED) is 0.390. The zero-order valence-electron chi connectivity index (χ0n) is 18.3. The number of allylic oxidation sites excluding steroid dienone is 4. The van der Waals surface area contributed by atoms with E-state index in [1.807, 2.05) is 12.1 Å². The van der Waals surface area contributed by atoms with E-state index in [9.17, 15) is 13.2 Å². The van der Waals surface area contributed by atoms with Gasteiger partial charge in [0.15, 0.2) is 0 Å². The summed E-state index contributed by atoms with van der Waals surface area (Å²) in [6.45, 7) is 4.18. The van der Waals surface area contributed by atoms with E-state index < -0.39 is 10.0 Å². The first-order chi connectivity index (χ1) is 16.4. The molecule has 0 saturated carbocycles. The second-order valence-electron chi connectivity index (χ2n) is 7.66. The minimum Gasteiger partial charge on any atom is -0.322 e. The lowest BCUT2D eigenvalue weighted by atomic mass is 10.1. The number of benzene rings is 1. The number of nitrogens with one attached hydrogen (secondary N) is 1. The van der Waals surface area contributed by atoms with Crippen LogP contribution in [0.5, 0.6) is 0 Å². The Morgan fingerprint density at radius 2 is 1.94 bits per heavy atom. The Morgan fingerprint density at radius 1 is 1.18 bits per heavy atom. The number of hydrogen-bond donors (Lipinski definition) is 1. The fourth-order valence-corrected chi connectivity index (χ4v) is 5.56. The average Bonchev–Trinajstić information content (AvgIpc) is 3.21. The molecule has 1 aliphatic heterocycles. The van der Waals surface area contributed by atoms with Gasteiger partial charge in [-0.05, 0) is 65.9 Å². The molecule has 2 aromatic heterocycles. The number of aromatic nitrogens is 2. The molecule has 1 saturated heterocycles. The second-order valence-corrected chi connectivity index (χ2v) is 9.94. The molecule has 0 spiro atoms. The van der Waals surface area contributed by atoms with Crippen LogP contribution in [0.4, 0.5) is 5.69 Å². The molecule has 1 amide bonds. The molecule has 0 atom stereocenters. The van der Waals surface area contributed by atoms with Crippen molar-refractivity contribution in [2.75, 3.05) is 22.5 Å². The number of pyridine rings is 2. The molecule has 9 heteroatoms. The van der Waals surface area contributed by atoms with Crippen molar-refractivity contribution in [3.8, 4) is 0 Å². The molecule has 1 aromatic carbocycles. The van der Waals surface area contributed by atoms with Crippen LogP contribution in [0, 0.1) is 0 Å². The maximum absolute atomic E-state index is 12.9. The number of sulfonamides is 1. The van der Waals surface area contributed by atoms with Gasteiger partial charge in [-0.25, -0.2) is 8.42 Å². The monoisotopic (exact) mass is 494 g/mol. The summed E-state index contributed by atoms with van der Waals surface area (Å²) in [6, 6.07) is 10.3. The van der Waals surface area contributed by atoms with Gasteiger partial charge >= 0.3 is 0 Å². The number of nitrogens with zero attached hydrogens (tertiary/aromatic N) is 3. The first-order valence-electron chi connectivity index (χ1n) is 10.6. The Morgan fingerprint density at radius 3 is 2.62 bits per heavy atom. The molecular formula is C25H23ClN4O3S. The lowest BCUT2D eigenvalue weighted by Gasteiger charge is -2.17. The van der Waals surface area contributed by atoms with Crippen molar-refractivity contribution in [2.45, 2.75) is 6.42 Å². The molecule has 1 N–H and O–H groups in total. The summed E-state index contributed by atoms with van der Waals surface area (Å²) in [5, 5.41) is 4.70. The molecule has 174 valence electrons. The molecule has 3 aromatic rings. The number of carbonyl (C=O) groups excluding carboxylic acids is 1. The third-order valence-electron chi connectivity index (χ3n) is 5.42. The number of halogens is 1. The van der Waals surface area contributed by atoms with Gasteiger partial charge in [0.1, 0.15) is 0 Å². The van der Waals surface area contributed by atoms with Gasteiger partial charge in [-0.2, -0.15) is 0 Å². The van der Waals surface area contributed by atoms with Crippen LogP contribution in [0.15, 0.2) is 85.5 Å². The van der Waals surface area contributed by atoms with E-state index >= 15 is 0 Å². The Hall–Kier alpha value is -3.49. The van der Waals surface area contributed by atoms with E-state index in [-0.39, 0.29) is 17.5 Å². The highest BCUT2D eigenvalue weighted by atomic mass is 35.5. The van der Waals surface area contributed by atoms with Crippen molar-refractivity contribution in [3.05, 3.63) is 96.8 Å². The zero-order valence-corrected chi connectivity index (χ0v) is 19.9. The van der Waals surface area contributed by atoms with E-state index in [0.717, 1.165) is 10.8 Å².